The summed E-state index contributed by atoms with van der Waals surface area (Å²) in [4.78, 5) is 52.5. The van der Waals surface area contributed by atoms with Gasteiger partial charge in [0.25, 0.3) is 11.8 Å². The summed E-state index contributed by atoms with van der Waals surface area (Å²) in [7, 11) is 1.47. The predicted octanol–water partition coefficient (Wildman–Crippen LogP) is 3.32. The lowest BCUT2D eigenvalue weighted by Gasteiger charge is -2.33. The fourth-order valence-electron chi connectivity index (χ4n) is 5.66. The number of imide groups is 1. The maximum absolute atomic E-state index is 12.9. The van der Waals surface area contributed by atoms with Crippen LogP contribution in [0.3, 0.4) is 0 Å². The number of piperidine rings is 1. The van der Waals surface area contributed by atoms with E-state index in [1.54, 1.807) is 11.0 Å². The number of nitrogens with zero attached hydrogens (tertiary/aromatic N) is 2. The number of amides is 5. The maximum Gasteiger partial charge on any atom is 0.315 e. The number of hydrogen-bond donors (Lipinski definition) is 2. The number of carbonyl (C=O) groups excluding carboxylic acids is 4. The van der Waals surface area contributed by atoms with Gasteiger partial charge in [-0.05, 0) is 60.8 Å². The Hall–Kier alpha value is -3.68. The third-order valence-electron chi connectivity index (χ3n) is 7.79. The molecule has 1 unspecified atom stereocenters. The largest absolute Gasteiger partial charge is 0.335 e. The Labute approximate surface area is 211 Å². The minimum atomic E-state index is -0.614. The molecule has 3 aliphatic rings. The summed E-state index contributed by atoms with van der Waals surface area (Å²) in [6, 6.07) is 15.5. The molecule has 2 aromatic carbocycles. The first-order chi connectivity index (χ1) is 17.4. The van der Waals surface area contributed by atoms with Gasteiger partial charge in [-0.1, -0.05) is 42.5 Å². The van der Waals surface area contributed by atoms with E-state index < -0.39 is 6.04 Å². The van der Waals surface area contributed by atoms with Crippen LogP contribution < -0.4 is 10.6 Å². The molecule has 2 heterocycles. The quantitative estimate of drug-likeness (QED) is 0.631. The van der Waals surface area contributed by atoms with E-state index in [9.17, 15) is 19.2 Å². The predicted molar refractivity (Wildman–Crippen MR) is 134 cm³/mol. The van der Waals surface area contributed by atoms with Gasteiger partial charge in [0.05, 0.1) is 0 Å². The Morgan fingerprint density at radius 1 is 0.972 bits per heavy atom. The van der Waals surface area contributed by atoms with Crippen LogP contribution in [-0.4, -0.2) is 52.7 Å². The maximum atomic E-state index is 12.9. The lowest BCUT2D eigenvalue weighted by atomic mass is 9.82. The molecule has 1 saturated carbocycles. The Balaban J connectivity index is 1.12. The average Bonchev–Trinajstić information content (AvgIpc) is 3.22. The first kappa shape index (κ1) is 24.0. The lowest BCUT2D eigenvalue weighted by Crippen LogP contribution is -2.53. The fourth-order valence-corrected chi connectivity index (χ4v) is 5.66. The number of carbonyl (C=O) groups is 4. The van der Waals surface area contributed by atoms with Crippen LogP contribution in [0.25, 0.3) is 0 Å². The van der Waals surface area contributed by atoms with Gasteiger partial charge < -0.3 is 15.5 Å². The van der Waals surface area contributed by atoms with Gasteiger partial charge in [0, 0.05) is 38.2 Å². The van der Waals surface area contributed by atoms with Gasteiger partial charge in [-0.3, -0.25) is 19.3 Å². The highest BCUT2D eigenvalue weighted by molar-refractivity contribution is 6.05. The summed E-state index contributed by atoms with van der Waals surface area (Å²) < 4.78 is 0. The van der Waals surface area contributed by atoms with Crippen molar-refractivity contribution in [3.05, 3.63) is 70.8 Å². The highest BCUT2D eigenvalue weighted by Gasteiger charge is 2.41. The van der Waals surface area contributed by atoms with Crippen molar-refractivity contribution >= 4 is 23.8 Å². The SMILES string of the molecule is CN1C(=O)CCC(N2Cc3cc(CNC(=O)NC4CCC(c5ccccc5)CC4)ccc3C2=O)C1=O. The zero-order valence-corrected chi connectivity index (χ0v) is 20.5. The van der Waals surface area contributed by atoms with Crippen LogP contribution >= 0.6 is 0 Å². The van der Waals surface area contributed by atoms with Gasteiger partial charge in [-0.15, -0.1) is 0 Å². The number of likely N-dealkylation sites (N-methyl/N-ethyl adjacent to an activating group) is 1. The number of nitrogens with one attached hydrogen (secondary N) is 2. The second-order valence-electron chi connectivity index (χ2n) is 10.1. The molecule has 0 aromatic heterocycles. The topological polar surface area (TPSA) is 98.8 Å². The van der Waals surface area contributed by atoms with E-state index in [2.05, 4.69) is 34.9 Å². The lowest BCUT2D eigenvalue weighted by molar-refractivity contribution is -0.150. The molecule has 2 aliphatic heterocycles. The van der Waals surface area contributed by atoms with E-state index >= 15 is 0 Å². The van der Waals surface area contributed by atoms with E-state index in [1.165, 1.54) is 12.6 Å². The molecule has 36 heavy (non-hydrogen) atoms. The molecule has 0 radical (unpaired) electrons. The number of rotatable bonds is 5. The van der Waals surface area contributed by atoms with Crippen molar-refractivity contribution in [3.63, 3.8) is 0 Å². The van der Waals surface area contributed by atoms with Crippen LogP contribution in [0.2, 0.25) is 0 Å². The first-order valence-corrected chi connectivity index (χ1v) is 12.7. The monoisotopic (exact) mass is 488 g/mol. The van der Waals surface area contributed by atoms with Crippen molar-refractivity contribution < 1.29 is 19.2 Å². The van der Waals surface area contributed by atoms with Gasteiger partial charge >= 0.3 is 6.03 Å². The summed E-state index contributed by atoms with van der Waals surface area (Å²) in [6.07, 6.45) is 4.67. The van der Waals surface area contributed by atoms with Crippen molar-refractivity contribution in [1.29, 1.82) is 0 Å². The smallest absolute Gasteiger partial charge is 0.315 e. The number of hydrogen-bond acceptors (Lipinski definition) is 4. The summed E-state index contributed by atoms with van der Waals surface area (Å²) in [5.74, 6) is -0.166. The van der Waals surface area contributed by atoms with Gasteiger partial charge in [0.2, 0.25) is 5.91 Å². The number of fused-ring (bicyclic) bond motifs is 1. The van der Waals surface area contributed by atoms with Crippen LogP contribution in [-0.2, 0) is 22.7 Å². The zero-order chi connectivity index (χ0) is 25.2. The van der Waals surface area contributed by atoms with Crippen LogP contribution in [0.1, 0.15) is 71.5 Å². The van der Waals surface area contributed by atoms with Crippen LogP contribution in [0.5, 0.6) is 0 Å². The Morgan fingerprint density at radius 3 is 2.47 bits per heavy atom. The van der Waals surface area contributed by atoms with Gasteiger partial charge in [0.15, 0.2) is 0 Å². The van der Waals surface area contributed by atoms with E-state index in [-0.39, 0.29) is 36.2 Å². The first-order valence-electron chi connectivity index (χ1n) is 12.7. The van der Waals surface area contributed by atoms with E-state index in [1.807, 2.05) is 18.2 Å². The number of likely N-dealkylation sites (tertiary alicyclic amines) is 1. The molecule has 0 spiro atoms. The molecule has 188 valence electrons. The molecule has 1 saturated heterocycles. The molecule has 2 aromatic rings. The average molecular weight is 489 g/mol. The second-order valence-corrected chi connectivity index (χ2v) is 10.1. The molecular weight excluding hydrogens is 456 g/mol. The minimum Gasteiger partial charge on any atom is -0.335 e. The molecular formula is C28H32N4O4. The minimum absolute atomic E-state index is 0.175. The van der Waals surface area contributed by atoms with Crippen molar-refractivity contribution in [2.24, 2.45) is 0 Å². The molecule has 8 nitrogen and oxygen atoms in total. The van der Waals surface area contributed by atoms with Crippen molar-refractivity contribution in [2.75, 3.05) is 7.05 Å². The number of urea groups is 1. The van der Waals surface area contributed by atoms with Crippen molar-refractivity contribution in [2.45, 2.75) is 69.6 Å². The molecule has 5 amide bonds. The van der Waals surface area contributed by atoms with Crippen LogP contribution in [0.4, 0.5) is 4.79 Å². The van der Waals surface area contributed by atoms with Crippen LogP contribution in [0.15, 0.2) is 48.5 Å². The summed E-state index contributed by atoms with van der Waals surface area (Å²) in [5.41, 5.74) is 3.69. The van der Waals surface area contributed by atoms with Crippen LogP contribution in [0, 0.1) is 0 Å². The second kappa shape index (κ2) is 10.1. The Bertz CT molecular complexity index is 1170. The van der Waals surface area contributed by atoms with Crippen molar-refractivity contribution in [1.82, 2.24) is 20.4 Å². The molecule has 1 atom stereocenters. The molecule has 2 fully saturated rings. The standard InChI is InChI=1S/C28H32N4O4/c1-31-25(33)14-13-24(27(31)35)32-17-21-15-18(7-12-23(21)26(32)34)16-29-28(36)30-22-10-8-20(9-11-22)19-5-3-2-4-6-19/h2-7,12,15,20,22,24H,8-11,13-14,16-17H2,1H3,(H2,29,30,36). The van der Waals surface area contributed by atoms with E-state index in [4.69, 9.17) is 0 Å². The Kier molecular flexibility index (Phi) is 6.76. The Morgan fingerprint density at radius 2 is 1.72 bits per heavy atom. The highest BCUT2D eigenvalue weighted by atomic mass is 16.2. The molecule has 1 aliphatic carbocycles. The highest BCUT2D eigenvalue weighted by Crippen LogP contribution is 2.33. The van der Waals surface area contributed by atoms with Gasteiger partial charge in [0.1, 0.15) is 6.04 Å². The van der Waals surface area contributed by atoms with Gasteiger partial charge in [-0.2, -0.15) is 0 Å². The van der Waals surface area contributed by atoms with Crippen molar-refractivity contribution in [3.8, 4) is 0 Å². The molecule has 2 N–H and O–H groups in total. The summed E-state index contributed by atoms with van der Waals surface area (Å²) in [5, 5.41) is 6.04. The fraction of sp³-hybridized carbons (Fsp3) is 0.429. The van der Waals surface area contributed by atoms with E-state index in [0.717, 1.165) is 41.7 Å². The molecule has 0 bridgehead atoms. The third-order valence-corrected chi connectivity index (χ3v) is 7.79. The van der Waals surface area contributed by atoms with E-state index in [0.29, 0.717) is 31.0 Å². The zero-order valence-electron chi connectivity index (χ0n) is 20.5. The molecule has 5 rings (SSSR count). The number of benzene rings is 2. The normalized spacial score (nSPS) is 24.0. The molecule has 8 heteroatoms. The van der Waals surface area contributed by atoms with Gasteiger partial charge in [-0.25, -0.2) is 4.79 Å². The summed E-state index contributed by atoms with van der Waals surface area (Å²) in [6.45, 7) is 0.684. The summed E-state index contributed by atoms with van der Waals surface area (Å²) >= 11 is 0. The third kappa shape index (κ3) is 4.85.